The van der Waals surface area contributed by atoms with Gasteiger partial charge in [0.15, 0.2) is 23.1 Å². The Labute approximate surface area is 193 Å². The summed E-state index contributed by atoms with van der Waals surface area (Å²) < 4.78 is 34.1. The number of fused-ring (bicyclic) bond motifs is 1. The monoisotopic (exact) mass is 477 g/mol. The Balaban J connectivity index is 1.52. The average molecular weight is 478 g/mol. The van der Waals surface area contributed by atoms with Crippen molar-refractivity contribution in [1.29, 1.82) is 0 Å². The molecule has 0 spiro atoms. The number of anilines is 1. The molecule has 1 N–H and O–H groups in total. The molecule has 0 bridgehead atoms. The molecule has 2 aliphatic rings. The van der Waals surface area contributed by atoms with Gasteiger partial charge in [0.05, 0.1) is 22.1 Å². The second kappa shape index (κ2) is 9.09. The first kappa shape index (κ1) is 21.2. The van der Waals surface area contributed by atoms with Crippen molar-refractivity contribution < 1.29 is 23.4 Å². The third-order valence-electron chi connectivity index (χ3n) is 5.52. The second-order valence-electron chi connectivity index (χ2n) is 7.54. The summed E-state index contributed by atoms with van der Waals surface area (Å²) in [6, 6.07) is 8.76. The van der Waals surface area contributed by atoms with Gasteiger partial charge in [0, 0.05) is 24.0 Å². The summed E-state index contributed by atoms with van der Waals surface area (Å²) in [6.45, 7) is 2.13. The van der Waals surface area contributed by atoms with Crippen molar-refractivity contribution in [2.24, 2.45) is 0 Å². The maximum absolute atomic E-state index is 15.6. The lowest BCUT2D eigenvalue weighted by Gasteiger charge is -2.23. The van der Waals surface area contributed by atoms with Crippen LogP contribution in [-0.2, 0) is 11.3 Å². The molecule has 1 saturated heterocycles. The number of ether oxygens (including phenoxy) is 3. The van der Waals surface area contributed by atoms with Crippen LogP contribution in [0.3, 0.4) is 0 Å². The zero-order valence-corrected chi connectivity index (χ0v) is 18.7. The van der Waals surface area contributed by atoms with Crippen molar-refractivity contribution in [2.75, 3.05) is 31.7 Å². The number of hydrogen-bond donors (Lipinski definition) is 1. The third kappa shape index (κ3) is 4.07. The molecule has 0 aliphatic carbocycles. The van der Waals surface area contributed by atoms with Gasteiger partial charge < -0.3 is 19.5 Å². The van der Waals surface area contributed by atoms with Crippen LogP contribution in [0.15, 0.2) is 30.3 Å². The molecule has 0 radical (unpaired) electrons. The summed E-state index contributed by atoms with van der Waals surface area (Å²) in [5.41, 5.74) is 0.550. The van der Waals surface area contributed by atoms with Crippen LogP contribution in [0, 0.1) is 5.82 Å². The number of aromatic nitrogens is 2. The summed E-state index contributed by atoms with van der Waals surface area (Å²) in [7, 11) is 0. The van der Waals surface area contributed by atoms with Crippen LogP contribution in [0.4, 0.5) is 10.2 Å². The Morgan fingerprint density at radius 2 is 2.00 bits per heavy atom. The van der Waals surface area contributed by atoms with Crippen LogP contribution in [0.25, 0.3) is 0 Å². The molecule has 168 valence electrons. The van der Waals surface area contributed by atoms with Gasteiger partial charge >= 0.3 is 0 Å². The first-order valence-corrected chi connectivity index (χ1v) is 11.6. The minimum absolute atomic E-state index is 0.0336. The lowest BCUT2D eigenvalue weighted by atomic mass is 9.95. The van der Waals surface area contributed by atoms with Crippen molar-refractivity contribution in [3.05, 3.63) is 56.6 Å². The van der Waals surface area contributed by atoms with E-state index in [4.69, 9.17) is 25.8 Å². The predicted octanol–water partition coefficient (Wildman–Crippen LogP) is 4.70. The molecule has 1 aromatic carbocycles. The average Bonchev–Trinajstić information content (AvgIpc) is 3.39. The summed E-state index contributed by atoms with van der Waals surface area (Å²) in [5, 5.41) is 7.36. The molecule has 0 saturated carbocycles. The molecule has 2 aromatic heterocycles. The summed E-state index contributed by atoms with van der Waals surface area (Å²) >= 11 is 7.39. The Morgan fingerprint density at radius 3 is 2.78 bits per heavy atom. The van der Waals surface area contributed by atoms with E-state index in [1.165, 1.54) is 16.0 Å². The van der Waals surface area contributed by atoms with Crippen molar-refractivity contribution >= 4 is 34.7 Å². The standard InChI is InChI=1S/C22H21ClFN3O4S/c23-17-5-4-14(32-17)12-25-21-18(24)19(13-6-8-29-9-7-13)27(26-21)22(28)15-2-1-3-16-20(15)31-11-10-30-16/h1-5,13H,6-12H2,(H,25,26). The number of carbonyl (C=O) groups is 1. The molecular weight excluding hydrogens is 457 g/mol. The number of nitrogens with one attached hydrogen (secondary N) is 1. The minimum Gasteiger partial charge on any atom is -0.486 e. The minimum atomic E-state index is -0.519. The summed E-state index contributed by atoms with van der Waals surface area (Å²) in [6.07, 6.45) is 1.23. The number of thiophene rings is 1. The maximum atomic E-state index is 15.6. The van der Waals surface area contributed by atoms with E-state index in [1.54, 1.807) is 24.3 Å². The van der Waals surface area contributed by atoms with Gasteiger partial charge in [-0.3, -0.25) is 4.79 Å². The van der Waals surface area contributed by atoms with Crippen molar-refractivity contribution in [1.82, 2.24) is 9.78 Å². The van der Waals surface area contributed by atoms with Gasteiger partial charge in [0.1, 0.15) is 13.2 Å². The van der Waals surface area contributed by atoms with E-state index < -0.39 is 11.7 Å². The van der Waals surface area contributed by atoms with Gasteiger partial charge in [-0.25, -0.2) is 4.39 Å². The first-order chi connectivity index (χ1) is 15.6. The Kier molecular flexibility index (Phi) is 6.03. The van der Waals surface area contributed by atoms with Gasteiger partial charge in [0.2, 0.25) is 0 Å². The molecule has 2 aliphatic heterocycles. The Morgan fingerprint density at radius 1 is 1.19 bits per heavy atom. The highest BCUT2D eigenvalue weighted by Gasteiger charge is 2.32. The smallest absolute Gasteiger partial charge is 0.282 e. The molecule has 0 amide bonds. The lowest BCUT2D eigenvalue weighted by molar-refractivity contribution is 0.0799. The zero-order chi connectivity index (χ0) is 22.1. The summed E-state index contributed by atoms with van der Waals surface area (Å²) in [5.74, 6) is -0.264. The van der Waals surface area contributed by atoms with Gasteiger partial charge in [-0.1, -0.05) is 17.7 Å². The molecule has 4 heterocycles. The highest BCUT2D eigenvalue weighted by atomic mass is 35.5. The van der Waals surface area contributed by atoms with E-state index in [2.05, 4.69) is 10.4 Å². The van der Waals surface area contributed by atoms with E-state index in [1.807, 2.05) is 6.07 Å². The van der Waals surface area contributed by atoms with Crippen molar-refractivity contribution in [3.63, 3.8) is 0 Å². The van der Waals surface area contributed by atoms with E-state index in [0.717, 1.165) is 4.88 Å². The summed E-state index contributed by atoms with van der Waals surface area (Å²) in [4.78, 5) is 14.5. The van der Waals surface area contributed by atoms with Crippen molar-refractivity contribution in [2.45, 2.75) is 25.3 Å². The molecule has 0 unspecified atom stereocenters. The van der Waals surface area contributed by atoms with Crippen LogP contribution in [-0.4, -0.2) is 42.1 Å². The number of carbonyl (C=O) groups excluding carboxylic acids is 1. The molecule has 0 atom stereocenters. The molecular formula is C22H21ClFN3O4S. The van der Waals surface area contributed by atoms with Crippen LogP contribution in [0.1, 0.15) is 39.7 Å². The normalized spacial score (nSPS) is 16.2. The quantitative estimate of drug-likeness (QED) is 0.574. The SMILES string of the molecule is O=C(c1cccc2c1OCCO2)n1nc(NCc2ccc(Cl)s2)c(F)c1C1CCOCC1. The number of halogens is 2. The number of nitrogens with zero attached hydrogens (tertiary/aromatic N) is 2. The lowest BCUT2D eigenvalue weighted by Crippen LogP contribution is -2.24. The van der Waals surface area contributed by atoms with Gasteiger partial charge in [-0.05, 0) is 37.1 Å². The van der Waals surface area contributed by atoms with E-state index in [9.17, 15) is 4.79 Å². The number of rotatable bonds is 5. The van der Waals surface area contributed by atoms with Crippen LogP contribution in [0.2, 0.25) is 4.34 Å². The highest BCUT2D eigenvalue weighted by Crippen LogP contribution is 2.37. The Bertz CT molecular complexity index is 1140. The largest absolute Gasteiger partial charge is 0.486 e. The maximum Gasteiger partial charge on any atom is 0.282 e. The second-order valence-corrected chi connectivity index (χ2v) is 9.34. The van der Waals surface area contributed by atoms with Gasteiger partial charge in [-0.2, -0.15) is 4.68 Å². The third-order valence-corrected chi connectivity index (χ3v) is 6.75. The van der Waals surface area contributed by atoms with Crippen LogP contribution < -0.4 is 14.8 Å². The topological polar surface area (TPSA) is 74.6 Å². The van der Waals surface area contributed by atoms with E-state index >= 15 is 4.39 Å². The van der Waals surface area contributed by atoms with Crippen LogP contribution in [0.5, 0.6) is 11.5 Å². The molecule has 3 aromatic rings. The molecule has 10 heteroatoms. The molecule has 1 fully saturated rings. The molecule has 5 rings (SSSR count). The van der Waals surface area contributed by atoms with Gasteiger partial charge in [-0.15, -0.1) is 16.4 Å². The van der Waals surface area contributed by atoms with Crippen molar-refractivity contribution in [3.8, 4) is 11.5 Å². The number of benzene rings is 1. The first-order valence-electron chi connectivity index (χ1n) is 10.4. The fraction of sp³-hybridized carbons (Fsp3) is 0.364. The fourth-order valence-electron chi connectivity index (χ4n) is 3.98. The van der Waals surface area contributed by atoms with E-state index in [-0.39, 0.29) is 23.0 Å². The number of hydrogen-bond acceptors (Lipinski definition) is 7. The zero-order valence-electron chi connectivity index (χ0n) is 17.1. The molecule has 7 nitrogen and oxygen atoms in total. The predicted molar refractivity (Wildman–Crippen MR) is 119 cm³/mol. The van der Waals surface area contributed by atoms with Crippen LogP contribution >= 0.6 is 22.9 Å². The Hall–Kier alpha value is -2.62. The number of para-hydroxylation sites is 1. The van der Waals surface area contributed by atoms with Gasteiger partial charge in [0.25, 0.3) is 5.91 Å². The highest BCUT2D eigenvalue weighted by molar-refractivity contribution is 7.16. The van der Waals surface area contributed by atoms with E-state index in [0.29, 0.717) is 61.6 Å². The fourth-order valence-corrected chi connectivity index (χ4v) is 5.00. The molecule has 32 heavy (non-hydrogen) atoms.